The average molecular weight is 443 g/mol. The number of hydrogen-bond acceptors (Lipinski definition) is 4. The molecule has 0 saturated carbocycles. The van der Waals surface area contributed by atoms with E-state index < -0.39 is 15.6 Å². The minimum Gasteiger partial charge on any atom is -0.368 e. The maximum atomic E-state index is 13.2. The van der Waals surface area contributed by atoms with Crippen LogP contribution in [0.15, 0.2) is 89.8 Å². The predicted octanol–water partition coefficient (Wildman–Crippen LogP) is 4.59. The fraction of sp³-hybridized carbons (Fsp3) is 0.250. The minimum atomic E-state index is -4.66. The van der Waals surface area contributed by atoms with Gasteiger partial charge in [-0.05, 0) is 23.3 Å². The molecule has 1 aliphatic heterocycles. The Morgan fingerprint density at radius 3 is 1.68 bits per heavy atom. The first kappa shape index (κ1) is 21.5. The standard InChI is InChI=1S/C24H24F2N2O2S/c25-24(26)31(29,30)22-14-8-7-13-21(22)27-15-17-28(18-16-27)23(19-9-3-1-4-10-19)20-11-5-2-6-12-20/h1-14,23-24H,15-18H2. The molecule has 0 aliphatic carbocycles. The van der Waals surface area contributed by atoms with Crippen molar-refractivity contribution in [3.63, 3.8) is 0 Å². The summed E-state index contributed by atoms with van der Waals surface area (Å²) in [6, 6.07) is 26.6. The summed E-state index contributed by atoms with van der Waals surface area (Å²) in [5.41, 5.74) is 2.71. The van der Waals surface area contributed by atoms with Crippen LogP contribution in [0, 0.1) is 0 Å². The normalized spacial score (nSPS) is 15.5. The van der Waals surface area contributed by atoms with Gasteiger partial charge in [-0.25, -0.2) is 8.42 Å². The van der Waals surface area contributed by atoms with Crippen LogP contribution in [0.2, 0.25) is 0 Å². The predicted molar refractivity (Wildman–Crippen MR) is 118 cm³/mol. The first-order valence-electron chi connectivity index (χ1n) is 10.2. The van der Waals surface area contributed by atoms with Gasteiger partial charge in [-0.15, -0.1) is 0 Å². The van der Waals surface area contributed by atoms with E-state index in [0.29, 0.717) is 31.9 Å². The van der Waals surface area contributed by atoms with E-state index in [1.165, 1.54) is 23.3 Å². The lowest BCUT2D eigenvalue weighted by Crippen LogP contribution is -2.48. The largest absolute Gasteiger partial charge is 0.368 e. The van der Waals surface area contributed by atoms with Crippen molar-refractivity contribution in [2.45, 2.75) is 16.7 Å². The van der Waals surface area contributed by atoms with E-state index in [4.69, 9.17) is 0 Å². The van der Waals surface area contributed by atoms with Crippen molar-refractivity contribution in [3.8, 4) is 0 Å². The van der Waals surface area contributed by atoms with Crippen molar-refractivity contribution >= 4 is 15.5 Å². The Hall–Kier alpha value is -2.77. The summed E-state index contributed by atoms with van der Waals surface area (Å²) < 4.78 is 50.7. The lowest BCUT2D eigenvalue weighted by Gasteiger charge is -2.41. The van der Waals surface area contributed by atoms with Crippen LogP contribution in [0.4, 0.5) is 14.5 Å². The maximum absolute atomic E-state index is 13.2. The first-order chi connectivity index (χ1) is 15.0. The summed E-state index contributed by atoms with van der Waals surface area (Å²) in [7, 11) is -4.66. The summed E-state index contributed by atoms with van der Waals surface area (Å²) in [6.07, 6.45) is 0. The SMILES string of the molecule is O=S(=O)(c1ccccc1N1CCN(C(c2ccccc2)c2ccccc2)CC1)C(F)F. The van der Waals surface area contributed by atoms with Crippen molar-refractivity contribution < 1.29 is 17.2 Å². The van der Waals surface area contributed by atoms with Crippen LogP contribution in [-0.2, 0) is 9.84 Å². The third-order valence-corrected chi connectivity index (χ3v) is 7.08. The van der Waals surface area contributed by atoms with Gasteiger partial charge < -0.3 is 4.90 Å². The van der Waals surface area contributed by atoms with Crippen molar-refractivity contribution in [3.05, 3.63) is 96.1 Å². The van der Waals surface area contributed by atoms with Crippen LogP contribution in [-0.4, -0.2) is 45.3 Å². The molecule has 1 heterocycles. The highest BCUT2D eigenvalue weighted by atomic mass is 32.2. The summed E-state index contributed by atoms with van der Waals surface area (Å²) >= 11 is 0. The van der Waals surface area contributed by atoms with E-state index in [0.717, 1.165) is 0 Å². The number of halogens is 2. The zero-order valence-electron chi connectivity index (χ0n) is 16.9. The molecule has 0 spiro atoms. The van der Waals surface area contributed by atoms with Crippen LogP contribution in [0.25, 0.3) is 0 Å². The van der Waals surface area contributed by atoms with Crippen molar-refractivity contribution in [1.29, 1.82) is 0 Å². The molecule has 0 bridgehead atoms. The second-order valence-electron chi connectivity index (χ2n) is 7.52. The van der Waals surface area contributed by atoms with Crippen LogP contribution < -0.4 is 4.90 Å². The molecular formula is C24H24F2N2O2S. The quantitative estimate of drug-likeness (QED) is 0.560. The number of benzene rings is 3. The summed E-state index contributed by atoms with van der Waals surface area (Å²) in [5.74, 6) is -3.43. The van der Waals surface area contributed by atoms with Gasteiger partial charge in [-0.2, -0.15) is 8.78 Å². The summed E-state index contributed by atoms with van der Waals surface area (Å²) in [6.45, 7) is 2.45. The number of sulfone groups is 1. The smallest absolute Gasteiger partial charge is 0.341 e. The second kappa shape index (κ2) is 9.16. The molecular weight excluding hydrogens is 418 g/mol. The van der Waals surface area contributed by atoms with Gasteiger partial charge in [0.25, 0.3) is 0 Å². The number of rotatable bonds is 6. The van der Waals surface area contributed by atoms with Gasteiger partial charge in [0.1, 0.15) is 0 Å². The van der Waals surface area contributed by atoms with E-state index in [9.17, 15) is 17.2 Å². The number of piperazine rings is 1. The molecule has 3 aromatic rings. The van der Waals surface area contributed by atoms with E-state index in [1.807, 2.05) is 41.3 Å². The van der Waals surface area contributed by atoms with Crippen LogP contribution in [0.5, 0.6) is 0 Å². The topological polar surface area (TPSA) is 40.6 Å². The molecule has 1 fully saturated rings. The molecule has 4 nitrogen and oxygen atoms in total. The lowest BCUT2D eigenvalue weighted by molar-refractivity contribution is 0.212. The summed E-state index contributed by atoms with van der Waals surface area (Å²) in [4.78, 5) is 3.94. The van der Waals surface area contributed by atoms with Crippen LogP contribution in [0.1, 0.15) is 17.2 Å². The highest BCUT2D eigenvalue weighted by molar-refractivity contribution is 7.91. The van der Waals surface area contributed by atoms with Gasteiger partial charge in [0, 0.05) is 26.2 Å². The number of alkyl halides is 2. The van der Waals surface area contributed by atoms with Gasteiger partial charge >= 0.3 is 5.76 Å². The Kier molecular flexibility index (Phi) is 6.34. The lowest BCUT2D eigenvalue weighted by atomic mass is 9.96. The fourth-order valence-electron chi connectivity index (χ4n) is 4.16. The molecule has 1 aliphatic rings. The molecule has 3 aromatic carbocycles. The van der Waals surface area contributed by atoms with E-state index >= 15 is 0 Å². The Morgan fingerprint density at radius 1 is 0.677 bits per heavy atom. The molecule has 4 rings (SSSR count). The zero-order chi connectivity index (χ0) is 21.8. The fourth-order valence-corrected chi connectivity index (χ4v) is 5.11. The van der Waals surface area contributed by atoms with Gasteiger partial charge in [0.2, 0.25) is 9.84 Å². The maximum Gasteiger partial charge on any atom is 0.341 e. The number of hydrogen-bond donors (Lipinski definition) is 0. The molecule has 0 unspecified atom stereocenters. The minimum absolute atomic E-state index is 0.0737. The molecule has 0 radical (unpaired) electrons. The van der Waals surface area contributed by atoms with Crippen LogP contribution in [0.3, 0.4) is 0 Å². The van der Waals surface area contributed by atoms with Crippen molar-refractivity contribution in [1.82, 2.24) is 4.90 Å². The highest BCUT2D eigenvalue weighted by Gasteiger charge is 2.32. The third kappa shape index (κ3) is 4.48. The van der Waals surface area contributed by atoms with Gasteiger partial charge in [0.15, 0.2) is 0 Å². The molecule has 31 heavy (non-hydrogen) atoms. The molecule has 0 amide bonds. The van der Waals surface area contributed by atoms with Crippen LogP contribution >= 0.6 is 0 Å². The van der Waals surface area contributed by atoms with Crippen molar-refractivity contribution in [2.75, 3.05) is 31.1 Å². The first-order valence-corrected chi connectivity index (χ1v) is 11.7. The van der Waals surface area contributed by atoms with Gasteiger partial charge in [0.05, 0.1) is 16.6 Å². The summed E-state index contributed by atoms with van der Waals surface area (Å²) in [5, 5.41) is 0. The molecule has 0 aromatic heterocycles. The van der Waals surface area contributed by atoms with Gasteiger partial charge in [-0.3, -0.25) is 4.90 Å². The number of nitrogens with zero attached hydrogens (tertiary/aromatic N) is 2. The Morgan fingerprint density at radius 2 is 1.16 bits per heavy atom. The third-order valence-electron chi connectivity index (χ3n) is 5.66. The molecule has 1 saturated heterocycles. The van der Waals surface area contributed by atoms with Gasteiger partial charge in [-0.1, -0.05) is 72.8 Å². The molecule has 0 atom stereocenters. The van der Waals surface area contributed by atoms with E-state index in [1.54, 1.807) is 12.1 Å². The second-order valence-corrected chi connectivity index (χ2v) is 9.41. The van der Waals surface area contributed by atoms with Crippen molar-refractivity contribution in [2.24, 2.45) is 0 Å². The Balaban J connectivity index is 1.59. The van der Waals surface area contributed by atoms with E-state index in [2.05, 4.69) is 29.2 Å². The Labute approximate surface area is 181 Å². The van der Waals surface area contributed by atoms with E-state index in [-0.39, 0.29) is 10.9 Å². The monoisotopic (exact) mass is 442 g/mol. The number of anilines is 1. The molecule has 7 heteroatoms. The number of para-hydroxylation sites is 1. The molecule has 162 valence electrons. The Bertz CT molecular complexity index is 1060. The highest BCUT2D eigenvalue weighted by Crippen LogP contribution is 2.33. The average Bonchev–Trinajstić information content (AvgIpc) is 2.81. The zero-order valence-corrected chi connectivity index (χ0v) is 17.8. The molecule has 0 N–H and O–H groups in total.